The summed E-state index contributed by atoms with van der Waals surface area (Å²) in [6, 6.07) is 15.5. The Labute approximate surface area is 166 Å². The monoisotopic (exact) mass is 380 g/mol. The molecule has 5 nitrogen and oxygen atoms in total. The summed E-state index contributed by atoms with van der Waals surface area (Å²) < 4.78 is 5.68. The van der Waals surface area contributed by atoms with E-state index in [1.54, 1.807) is 0 Å². The minimum atomic E-state index is -0.200. The third kappa shape index (κ3) is 4.35. The fourth-order valence-corrected chi connectivity index (χ4v) is 3.52. The zero-order valence-electron chi connectivity index (χ0n) is 16.8. The standard InChI is InChI=1S/C23H28N2O3/c1-4-16(3)25-14-18-13-19(11-12-21(18)28-15-22(25)26)24-23(27)20(5-2)17-9-7-6-8-10-17/h6-13,16,20H,4-5,14-15H2,1-3H3,(H,24,27)/t16-,20+/m1/s1. The van der Waals surface area contributed by atoms with Crippen molar-refractivity contribution in [2.24, 2.45) is 0 Å². The molecule has 0 radical (unpaired) electrons. The van der Waals surface area contributed by atoms with Crippen molar-refractivity contribution in [2.45, 2.75) is 52.1 Å². The van der Waals surface area contributed by atoms with E-state index >= 15 is 0 Å². The molecular formula is C23H28N2O3. The molecule has 1 heterocycles. The Morgan fingerprint density at radius 1 is 1.14 bits per heavy atom. The van der Waals surface area contributed by atoms with Gasteiger partial charge in [0.1, 0.15) is 5.75 Å². The van der Waals surface area contributed by atoms with Gasteiger partial charge in [-0.05, 0) is 43.5 Å². The van der Waals surface area contributed by atoms with Crippen LogP contribution in [-0.2, 0) is 16.1 Å². The summed E-state index contributed by atoms with van der Waals surface area (Å²) in [5, 5.41) is 3.03. The summed E-state index contributed by atoms with van der Waals surface area (Å²) in [6.45, 7) is 6.66. The molecule has 0 unspecified atom stereocenters. The van der Waals surface area contributed by atoms with Crippen LogP contribution in [0, 0.1) is 0 Å². The fraction of sp³-hybridized carbons (Fsp3) is 0.391. The van der Waals surface area contributed by atoms with Crippen LogP contribution in [0.4, 0.5) is 5.69 Å². The molecule has 28 heavy (non-hydrogen) atoms. The number of amides is 2. The van der Waals surface area contributed by atoms with Crippen LogP contribution in [0.3, 0.4) is 0 Å². The third-order valence-electron chi connectivity index (χ3n) is 5.39. The Kier molecular flexibility index (Phi) is 6.34. The summed E-state index contributed by atoms with van der Waals surface area (Å²) in [5.41, 5.74) is 2.64. The fourth-order valence-electron chi connectivity index (χ4n) is 3.52. The number of hydrogen-bond acceptors (Lipinski definition) is 3. The van der Waals surface area contributed by atoms with E-state index in [0.29, 0.717) is 12.3 Å². The van der Waals surface area contributed by atoms with E-state index in [-0.39, 0.29) is 30.4 Å². The minimum Gasteiger partial charge on any atom is -0.483 e. The highest BCUT2D eigenvalue weighted by atomic mass is 16.5. The highest BCUT2D eigenvalue weighted by molar-refractivity contribution is 5.96. The van der Waals surface area contributed by atoms with Crippen LogP contribution in [0.1, 0.15) is 50.7 Å². The van der Waals surface area contributed by atoms with Crippen LogP contribution in [0.15, 0.2) is 48.5 Å². The van der Waals surface area contributed by atoms with E-state index in [0.717, 1.165) is 29.7 Å². The van der Waals surface area contributed by atoms with Gasteiger partial charge in [-0.15, -0.1) is 0 Å². The van der Waals surface area contributed by atoms with Gasteiger partial charge in [0, 0.05) is 23.8 Å². The molecule has 0 fully saturated rings. The number of carbonyl (C=O) groups is 2. The molecular weight excluding hydrogens is 352 g/mol. The van der Waals surface area contributed by atoms with E-state index in [9.17, 15) is 9.59 Å². The predicted molar refractivity (Wildman–Crippen MR) is 110 cm³/mol. The zero-order chi connectivity index (χ0) is 20.1. The minimum absolute atomic E-state index is 0.00809. The molecule has 0 bridgehead atoms. The highest BCUT2D eigenvalue weighted by Crippen LogP contribution is 2.29. The predicted octanol–water partition coefficient (Wildman–Crippen LogP) is 4.34. The van der Waals surface area contributed by atoms with Crippen molar-refractivity contribution in [3.8, 4) is 5.75 Å². The van der Waals surface area contributed by atoms with Crippen LogP contribution in [-0.4, -0.2) is 29.4 Å². The molecule has 0 aliphatic carbocycles. The second-order valence-corrected chi connectivity index (χ2v) is 7.25. The summed E-state index contributed by atoms with van der Waals surface area (Å²) in [4.78, 5) is 27.0. The van der Waals surface area contributed by atoms with Crippen molar-refractivity contribution in [1.29, 1.82) is 0 Å². The summed E-state index contributed by atoms with van der Waals surface area (Å²) in [5.74, 6) is 0.464. The molecule has 2 aromatic carbocycles. The van der Waals surface area contributed by atoms with Crippen LogP contribution in [0.5, 0.6) is 5.75 Å². The van der Waals surface area contributed by atoms with Crippen molar-refractivity contribution in [3.63, 3.8) is 0 Å². The van der Waals surface area contributed by atoms with E-state index < -0.39 is 0 Å². The quantitative estimate of drug-likeness (QED) is 0.811. The first-order valence-corrected chi connectivity index (χ1v) is 9.94. The van der Waals surface area contributed by atoms with Crippen LogP contribution in [0.2, 0.25) is 0 Å². The summed E-state index contributed by atoms with van der Waals surface area (Å²) in [6.07, 6.45) is 1.60. The maximum atomic E-state index is 12.8. The lowest BCUT2D eigenvalue weighted by molar-refractivity contribution is -0.135. The van der Waals surface area contributed by atoms with Crippen molar-refractivity contribution in [2.75, 3.05) is 11.9 Å². The van der Waals surface area contributed by atoms with Gasteiger partial charge in [0.25, 0.3) is 5.91 Å². The van der Waals surface area contributed by atoms with Gasteiger partial charge in [0.05, 0.1) is 5.92 Å². The van der Waals surface area contributed by atoms with Crippen LogP contribution < -0.4 is 10.1 Å². The van der Waals surface area contributed by atoms with Gasteiger partial charge in [-0.1, -0.05) is 44.2 Å². The van der Waals surface area contributed by atoms with Gasteiger partial charge in [-0.2, -0.15) is 0 Å². The number of nitrogens with one attached hydrogen (secondary N) is 1. The SMILES string of the molecule is CC[C@H](C(=O)Nc1ccc2c(c1)CN([C@H](C)CC)C(=O)CO2)c1ccccc1. The first kappa shape index (κ1) is 19.9. The van der Waals surface area contributed by atoms with Crippen molar-refractivity contribution in [3.05, 3.63) is 59.7 Å². The Morgan fingerprint density at radius 3 is 2.57 bits per heavy atom. The van der Waals surface area contributed by atoms with E-state index in [2.05, 4.69) is 12.2 Å². The number of hydrogen-bond donors (Lipinski definition) is 1. The Bertz CT molecular complexity index is 835. The van der Waals surface area contributed by atoms with Gasteiger partial charge in [-0.25, -0.2) is 0 Å². The highest BCUT2D eigenvalue weighted by Gasteiger charge is 2.25. The lowest BCUT2D eigenvalue weighted by Crippen LogP contribution is -2.39. The van der Waals surface area contributed by atoms with Crippen LogP contribution in [0.25, 0.3) is 0 Å². The zero-order valence-corrected chi connectivity index (χ0v) is 16.8. The van der Waals surface area contributed by atoms with Crippen molar-refractivity contribution < 1.29 is 14.3 Å². The van der Waals surface area contributed by atoms with Gasteiger partial charge in [-0.3, -0.25) is 9.59 Å². The van der Waals surface area contributed by atoms with Gasteiger partial charge in [0.2, 0.25) is 5.91 Å². The molecule has 0 saturated heterocycles. The van der Waals surface area contributed by atoms with E-state index in [4.69, 9.17) is 4.74 Å². The average molecular weight is 380 g/mol. The molecule has 1 N–H and O–H groups in total. The van der Waals surface area contributed by atoms with Crippen molar-refractivity contribution >= 4 is 17.5 Å². The molecule has 5 heteroatoms. The molecule has 3 rings (SSSR count). The van der Waals surface area contributed by atoms with Crippen LogP contribution >= 0.6 is 0 Å². The molecule has 1 aliphatic rings. The van der Waals surface area contributed by atoms with E-state index in [1.807, 2.05) is 67.3 Å². The van der Waals surface area contributed by atoms with Gasteiger partial charge < -0.3 is 15.0 Å². The maximum absolute atomic E-state index is 12.8. The molecule has 2 amide bonds. The summed E-state index contributed by atoms with van der Waals surface area (Å²) in [7, 11) is 0. The maximum Gasteiger partial charge on any atom is 0.261 e. The summed E-state index contributed by atoms with van der Waals surface area (Å²) >= 11 is 0. The first-order chi connectivity index (χ1) is 13.5. The first-order valence-electron chi connectivity index (χ1n) is 9.94. The molecule has 0 saturated carbocycles. The topological polar surface area (TPSA) is 58.6 Å². The average Bonchev–Trinajstić information content (AvgIpc) is 2.87. The normalized spacial score (nSPS) is 15.8. The Balaban J connectivity index is 1.79. The molecule has 0 spiro atoms. The molecule has 0 aromatic heterocycles. The Hall–Kier alpha value is -2.82. The second-order valence-electron chi connectivity index (χ2n) is 7.25. The lowest BCUT2D eigenvalue weighted by atomic mass is 9.95. The van der Waals surface area contributed by atoms with Gasteiger partial charge in [0.15, 0.2) is 6.61 Å². The number of fused-ring (bicyclic) bond motifs is 1. The van der Waals surface area contributed by atoms with E-state index in [1.165, 1.54) is 0 Å². The number of ether oxygens (including phenoxy) is 1. The largest absolute Gasteiger partial charge is 0.483 e. The number of rotatable bonds is 6. The second kappa shape index (κ2) is 8.91. The molecule has 148 valence electrons. The smallest absolute Gasteiger partial charge is 0.261 e. The number of benzene rings is 2. The van der Waals surface area contributed by atoms with Crippen molar-refractivity contribution in [1.82, 2.24) is 4.90 Å². The van der Waals surface area contributed by atoms with Gasteiger partial charge >= 0.3 is 0 Å². The number of anilines is 1. The number of carbonyl (C=O) groups excluding carboxylic acids is 2. The molecule has 1 aliphatic heterocycles. The molecule has 2 atom stereocenters. The Morgan fingerprint density at radius 2 is 1.89 bits per heavy atom. The molecule has 2 aromatic rings. The third-order valence-corrected chi connectivity index (χ3v) is 5.39. The lowest BCUT2D eigenvalue weighted by Gasteiger charge is -2.26. The number of nitrogens with zero attached hydrogens (tertiary/aromatic N) is 1.